The molecule has 0 heterocycles. The van der Waals surface area contributed by atoms with Crippen LogP contribution in [0.15, 0.2) is 12.2 Å². The molecule has 2 unspecified atom stereocenters. The molecule has 3 N–H and O–H groups in total. The molecule has 0 aromatic carbocycles. The first-order valence-electron chi connectivity index (χ1n) is 9.38. The largest absolute Gasteiger partial charge is 0.396 e. The van der Waals surface area contributed by atoms with E-state index in [0.717, 1.165) is 12.8 Å². The van der Waals surface area contributed by atoms with Gasteiger partial charge in [0.2, 0.25) is 0 Å². The van der Waals surface area contributed by atoms with Crippen LogP contribution >= 0.6 is 0 Å². The Balaban J connectivity index is 1.96. The minimum absolute atomic E-state index is 0.0567. The molecule has 0 saturated heterocycles. The Labute approximate surface area is 148 Å². The fourth-order valence-electron chi connectivity index (χ4n) is 7.18. The lowest BCUT2D eigenvalue weighted by Gasteiger charge is -2.64. The first kappa shape index (κ1) is 17.4. The van der Waals surface area contributed by atoms with Crippen LogP contribution in [0.25, 0.3) is 0 Å². The SMILES string of the molecule is C=C1C(=O)[C@]23C(O)C[C@H]4C(C)(C)CCC[C@]4(CO)[C@H]2C(=O)C[C@H]1C3O. The molecule has 4 rings (SSSR count). The molecule has 4 saturated carbocycles. The van der Waals surface area contributed by atoms with Crippen LogP contribution < -0.4 is 0 Å². The predicted octanol–water partition coefficient (Wildman–Crippen LogP) is 1.25. The standard InChI is InChI=1S/C20H28O5/c1-10-11-7-12(22)15-19(9-21)6-4-5-18(2,3)13(19)8-14(23)20(15,16(10)24)17(11)25/h11,13-15,17,21,23,25H,1,4-9H2,2-3H3/t11-,13+,14?,15-,17?,19-,20+/m1/s1. The van der Waals surface area contributed by atoms with Gasteiger partial charge in [-0.3, -0.25) is 9.59 Å². The Hall–Kier alpha value is -1.04. The average Bonchev–Trinajstić information content (AvgIpc) is 2.67. The summed E-state index contributed by atoms with van der Waals surface area (Å²) in [5.41, 5.74) is -2.12. The molecule has 0 radical (unpaired) electrons. The molecular formula is C20H28O5. The summed E-state index contributed by atoms with van der Waals surface area (Å²) in [7, 11) is 0. The van der Waals surface area contributed by atoms with Crippen molar-refractivity contribution < 1.29 is 24.9 Å². The van der Waals surface area contributed by atoms with Crippen molar-refractivity contribution in [3.05, 3.63) is 12.2 Å². The molecule has 4 aliphatic rings. The quantitative estimate of drug-likeness (QED) is 0.620. The van der Waals surface area contributed by atoms with Gasteiger partial charge >= 0.3 is 0 Å². The number of ketones is 2. The normalized spacial score (nSPS) is 51.2. The smallest absolute Gasteiger partial charge is 0.170 e. The number of aliphatic hydroxyl groups is 3. The van der Waals surface area contributed by atoms with Crippen molar-refractivity contribution in [1.82, 2.24) is 0 Å². The molecule has 0 amide bonds. The van der Waals surface area contributed by atoms with E-state index in [1.807, 2.05) is 0 Å². The lowest BCUT2D eigenvalue weighted by atomic mass is 9.39. The van der Waals surface area contributed by atoms with Crippen molar-refractivity contribution in [3.8, 4) is 0 Å². The Morgan fingerprint density at radius 3 is 2.52 bits per heavy atom. The Morgan fingerprint density at radius 2 is 1.88 bits per heavy atom. The fourth-order valence-corrected chi connectivity index (χ4v) is 7.18. The molecule has 2 bridgehead atoms. The molecule has 0 aliphatic heterocycles. The molecule has 25 heavy (non-hydrogen) atoms. The second-order valence-electron chi connectivity index (χ2n) is 9.48. The number of aliphatic hydroxyl groups excluding tert-OH is 3. The van der Waals surface area contributed by atoms with Crippen molar-refractivity contribution in [3.63, 3.8) is 0 Å². The third-order valence-electron chi connectivity index (χ3n) is 8.20. The van der Waals surface area contributed by atoms with Crippen LogP contribution in [0.1, 0.15) is 46.0 Å². The van der Waals surface area contributed by atoms with Gasteiger partial charge in [0.15, 0.2) is 5.78 Å². The average molecular weight is 348 g/mol. The van der Waals surface area contributed by atoms with Crippen LogP contribution in [0.4, 0.5) is 0 Å². The van der Waals surface area contributed by atoms with Crippen molar-refractivity contribution in [2.24, 2.45) is 34.0 Å². The van der Waals surface area contributed by atoms with Gasteiger partial charge in [-0.1, -0.05) is 26.8 Å². The Bertz CT molecular complexity index is 667. The zero-order chi connectivity index (χ0) is 18.4. The van der Waals surface area contributed by atoms with E-state index in [9.17, 15) is 24.9 Å². The van der Waals surface area contributed by atoms with Crippen LogP contribution in [0.2, 0.25) is 0 Å². The van der Waals surface area contributed by atoms with E-state index in [2.05, 4.69) is 20.4 Å². The number of fused-ring (bicyclic) bond motifs is 3. The summed E-state index contributed by atoms with van der Waals surface area (Å²) >= 11 is 0. The lowest BCUT2D eigenvalue weighted by Crippen LogP contribution is -2.70. The zero-order valence-corrected chi connectivity index (χ0v) is 15.0. The lowest BCUT2D eigenvalue weighted by molar-refractivity contribution is -0.232. The van der Waals surface area contributed by atoms with Crippen molar-refractivity contribution in [2.75, 3.05) is 6.61 Å². The summed E-state index contributed by atoms with van der Waals surface area (Å²) in [5.74, 6) is -1.93. The molecule has 4 fully saturated rings. The summed E-state index contributed by atoms with van der Waals surface area (Å²) in [4.78, 5) is 26.3. The number of carbonyl (C=O) groups is 2. The molecule has 7 atom stereocenters. The number of Topliss-reactive ketones (excluding diaryl/α,β-unsaturated/α-hetero) is 2. The van der Waals surface area contributed by atoms with E-state index < -0.39 is 34.9 Å². The molecule has 5 nitrogen and oxygen atoms in total. The van der Waals surface area contributed by atoms with Crippen molar-refractivity contribution in [2.45, 2.75) is 58.2 Å². The van der Waals surface area contributed by atoms with E-state index >= 15 is 0 Å². The maximum atomic E-state index is 13.2. The predicted molar refractivity (Wildman–Crippen MR) is 90.5 cm³/mol. The van der Waals surface area contributed by atoms with Gasteiger partial charge < -0.3 is 15.3 Å². The first-order chi connectivity index (χ1) is 11.6. The summed E-state index contributed by atoms with van der Waals surface area (Å²) in [6.45, 7) is 7.88. The third-order valence-corrected chi connectivity index (χ3v) is 8.20. The number of hydrogen-bond donors (Lipinski definition) is 3. The maximum Gasteiger partial charge on any atom is 0.170 e. The van der Waals surface area contributed by atoms with Gasteiger partial charge in [0, 0.05) is 30.3 Å². The van der Waals surface area contributed by atoms with E-state index in [0.29, 0.717) is 12.8 Å². The molecule has 0 aromatic rings. The van der Waals surface area contributed by atoms with Crippen LogP contribution in [0.5, 0.6) is 0 Å². The van der Waals surface area contributed by atoms with Crippen LogP contribution in [-0.4, -0.2) is 45.7 Å². The summed E-state index contributed by atoms with van der Waals surface area (Å²) in [6.07, 6.45) is 0.743. The van der Waals surface area contributed by atoms with Crippen LogP contribution in [-0.2, 0) is 9.59 Å². The summed E-state index contributed by atoms with van der Waals surface area (Å²) in [5, 5.41) is 32.5. The minimum Gasteiger partial charge on any atom is -0.396 e. The monoisotopic (exact) mass is 348 g/mol. The van der Waals surface area contributed by atoms with Gasteiger partial charge in [-0.2, -0.15) is 0 Å². The van der Waals surface area contributed by atoms with Gasteiger partial charge in [-0.15, -0.1) is 0 Å². The Kier molecular flexibility index (Phi) is 3.49. The molecule has 5 heteroatoms. The summed E-state index contributed by atoms with van der Waals surface area (Å²) < 4.78 is 0. The van der Waals surface area contributed by atoms with E-state index in [4.69, 9.17) is 0 Å². The maximum absolute atomic E-state index is 13.2. The first-order valence-corrected chi connectivity index (χ1v) is 9.38. The highest BCUT2D eigenvalue weighted by Gasteiger charge is 2.76. The van der Waals surface area contributed by atoms with Crippen molar-refractivity contribution in [1.29, 1.82) is 0 Å². The highest BCUT2D eigenvalue weighted by atomic mass is 16.3. The van der Waals surface area contributed by atoms with Crippen LogP contribution in [0, 0.1) is 34.0 Å². The molecule has 4 aliphatic carbocycles. The van der Waals surface area contributed by atoms with Gasteiger partial charge in [-0.05, 0) is 36.2 Å². The summed E-state index contributed by atoms with van der Waals surface area (Å²) in [6, 6.07) is 0. The second-order valence-corrected chi connectivity index (χ2v) is 9.48. The van der Waals surface area contributed by atoms with E-state index in [-0.39, 0.29) is 41.5 Å². The number of rotatable bonds is 1. The topological polar surface area (TPSA) is 94.8 Å². The highest BCUT2D eigenvalue weighted by Crippen LogP contribution is 2.70. The Morgan fingerprint density at radius 1 is 1.20 bits per heavy atom. The number of carbonyl (C=O) groups excluding carboxylic acids is 2. The highest BCUT2D eigenvalue weighted by molar-refractivity contribution is 6.09. The van der Waals surface area contributed by atoms with Gasteiger partial charge in [-0.25, -0.2) is 0 Å². The van der Waals surface area contributed by atoms with E-state index in [1.54, 1.807) is 0 Å². The number of hydrogen-bond acceptors (Lipinski definition) is 5. The van der Waals surface area contributed by atoms with Gasteiger partial charge in [0.1, 0.15) is 5.78 Å². The molecule has 1 spiro atoms. The minimum atomic E-state index is -1.51. The second kappa shape index (κ2) is 5.02. The van der Waals surface area contributed by atoms with Gasteiger partial charge in [0.25, 0.3) is 0 Å². The molecular weight excluding hydrogens is 320 g/mol. The fraction of sp³-hybridized carbons (Fsp3) is 0.800. The van der Waals surface area contributed by atoms with E-state index in [1.165, 1.54) is 0 Å². The van der Waals surface area contributed by atoms with Crippen molar-refractivity contribution >= 4 is 11.6 Å². The molecule has 138 valence electrons. The van der Waals surface area contributed by atoms with Gasteiger partial charge in [0.05, 0.1) is 17.6 Å². The zero-order valence-electron chi connectivity index (χ0n) is 15.0. The molecule has 0 aromatic heterocycles. The van der Waals surface area contributed by atoms with Crippen LogP contribution in [0.3, 0.4) is 0 Å². The third kappa shape index (κ3) is 1.75.